The Labute approximate surface area is 145 Å². The number of nitrogens with two attached hydrogens (primary N) is 1. The summed E-state index contributed by atoms with van der Waals surface area (Å²) in [4.78, 5) is 12.3. The summed E-state index contributed by atoms with van der Waals surface area (Å²) in [5, 5.41) is 14.8. The van der Waals surface area contributed by atoms with Crippen molar-refractivity contribution < 1.29 is 14.3 Å². The van der Waals surface area contributed by atoms with E-state index in [2.05, 4.69) is 10.6 Å². The van der Waals surface area contributed by atoms with E-state index in [1.165, 1.54) is 20.4 Å². The second-order valence-electron chi connectivity index (χ2n) is 4.96. The molecule has 0 heterocycles. The second-order valence-corrected chi connectivity index (χ2v) is 4.96. The Balaban J connectivity index is 2.16. The van der Waals surface area contributed by atoms with Gasteiger partial charge in [-0.3, -0.25) is 4.79 Å². The van der Waals surface area contributed by atoms with Crippen LogP contribution < -0.4 is 25.8 Å². The van der Waals surface area contributed by atoms with Gasteiger partial charge in [-0.2, -0.15) is 5.26 Å². The number of hydrogen-bond acceptors (Lipinski definition) is 6. The maximum Gasteiger partial charge on any atom is 0.267 e. The average molecular weight is 338 g/mol. The molecule has 1 amide bonds. The Hall–Kier alpha value is -3.66. The van der Waals surface area contributed by atoms with E-state index in [0.717, 1.165) is 0 Å². The minimum atomic E-state index is -0.572. The minimum Gasteiger partial charge on any atom is -0.497 e. The van der Waals surface area contributed by atoms with E-state index in [9.17, 15) is 10.1 Å². The zero-order valence-electron chi connectivity index (χ0n) is 13.9. The predicted octanol–water partition coefficient (Wildman–Crippen LogP) is 2.74. The summed E-state index contributed by atoms with van der Waals surface area (Å²) in [5.74, 6) is 0.438. The minimum absolute atomic E-state index is 0.0957. The summed E-state index contributed by atoms with van der Waals surface area (Å²) < 4.78 is 10.3. The average Bonchev–Trinajstić information content (AvgIpc) is 2.63. The molecule has 0 fully saturated rings. The Morgan fingerprint density at radius 2 is 1.88 bits per heavy atom. The SMILES string of the molecule is COc1ccc(OC)c(NC(=O)/C(C#N)=C\Nc2ccc(N)cc2)c1. The van der Waals surface area contributed by atoms with Crippen LogP contribution in [0.3, 0.4) is 0 Å². The van der Waals surface area contributed by atoms with Crippen LogP contribution in [0.25, 0.3) is 0 Å². The van der Waals surface area contributed by atoms with Crippen molar-refractivity contribution in [2.45, 2.75) is 0 Å². The molecule has 0 aliphatic heterocycles. The number of nitrogen functional groups attached to an aromatic ring is 1. The molecule has 7 nitrogen and oxygen atoms in total. The fourth-order valence-corrected chi connectivity index (χ4v) is 1.98. The Morgan fingerprint density at radius 3 is 2.48 bits per heavy atom. The van der Waals surface area contributed by atoms with Crippen molar-refractivity contribution in [2.24, 2.45) is 0 Å². The van der Waals surface area contributed by atoms with Crippen molar-refractivity contribution in [3.8, 4) is 17.6 Å². The lowest BCUT2D eigenvalue weighted by Gasteiger charge is -2.11. The van der Waals surface area contributed by atoms with Crippen LogP contribution in [-0.4, -0.2) is 20.1 Å². The third-order valence-corrected chi connectivity index (χ3v) is 3.31. The van der Waals surface area contributed by atoms with Crippen molar-refractivity contribution in [1.82, 2.24) is 0 Å². The van der Waals surface area contributed by atoms with Crippen LogP contribution in [0.1, 0.15) is 0 Å². The van der Waals surface area contributed by atoms with Crippen LogP contribution in [0.4, 0.5) is 17.1 Å². The van der Waals surface area contributed by atoms with Gasteiger partial charge in [0, 0.05) is 23.6 Å². The molecule has 0 aliphatic rings. The Kier molecular flexibility index (Phi) is 5.85. The maximum absolute atomic E-state index is 12.3. The first-order valence-corrected chi connectivity index (χ1v) is 7.33. The molecule has 0 saturated heterocycles. The van der Waals surface area contributed by atoms with Gasteiger partial charge >= 0.3 is 0 Å². The topological polar surface area (TPSA) is 109 Å². The van der Waals surface area contributed by atoms with Crippen molar-refractivity contribution in [2.75, 3.05) is 30.6 Å². The van der Waals surface area contributed by atoms with Crippen molar-refractivity contribution in [3.05, 3.63) is 54.2 Å². The third-order valence-electron chi connectivity index (χ3n) is 3.31. The molecule has 0 spiro atoms. The molecule has 0 radical (unpaired) electrons. The predicted molar refractivity (Wildman–Crippen MR) is 96.3 cm³/mol. The Morgan fingerprint density at radius 1 is 1.16 bits per heavy atom. The molecule has 2 aromatic rings. The first kappa shape index (κ1) is 17.7. The van der Waals surface area contributed by atoms with Crippen molar-refractivity contribution in [1.29, 1.82) is 5.26 Å². The summed E-state index contributed by atoms with van der Waals surface area (Å²) in [5.41, 5.74) is 7.25. The monoisotopic (exact) mass is 338 g/mol. The normalized spacial score (nSPS) is 10.5. The van der Waals surface area contributed by atoms with E-state index in [1.807, 2.05) is 6.07 Å². The number of ether oxygens (including phenoxy) is 2. The lowest BCUT2D eigenvalue weighted by molar-refractivity contribution is -0.112. The van der Waals surface area contributed by atoms with Gasteiger partial charge in [-0.1, -0.05) is 0 Å². The molecule has 0 bridgehead atoms. The fraction of sp³-hybridized carbons (Fsp3) is 0.111. The largest absolute Gasteiger partial charge is 0.497 e. The summed E-state index contributed by atoms with van der Waals surface area (Å²) in [6, 6.07) is 13.7. The van der Waals surface area contributed by atoms with Crippen LogP contribution in [-0.2, 0) is 4.79 Å². The number of nitrogens with zero attached hydrogens (tertiary/aromatic N) is 1. The number of amides is 1. The van der Waals surface area contributed by atoms with Gasteiger partial charge < -0.3 is 25.8 Å². The van der Waals surface area contributed by atoms with Gasteiger partial charge in [0.25, 0.3) is 5.91 Å². The Bertz CT molecular complexity index is 823. The number of anilines is 3. The molecular formula is C18H18N4O3. The first-order valence-electron chi connectivity index (χ1n) is 7.33. The zero-order chi connectivity index (χ0) is 18.2. The zero-order valence-corrected chi connectivity index (χ0v) is 13.9. The van der Waals surface area contributed by atoms with E-state index >= 15 is 0 Å². The molecule has 0 aliphatic carbocycles. The fourth-order valence-electron chi connectivity index (χ4n) is 1.98. The van der Waals surface area contributed by atoms with Crippen LogP contribution >= 0.6 is 0 Å². The van der Waals surface area contributed by atoms with Crippen molar-refractivity contribution in [3.63, 3.8) is 0 Å². The van der Waals surface area contributed by atoms with E-state index < -0.39 is 5.91 Å². The smallest absolute Gasteiger partial charge is 0.267 e. The van der Waals surface area contributed by atoms with E-state index in [-0.39, 0.29) is 5.57 Å². The number of carbonyl (C=O) groups is 1. The molecule has 0 saturated carbocycles. The van der Waals surface area contributed by atoms with Crippen LogP contribution in [0.15, 0.2) is 54.2 Å². The number of carbonyl (C=O) groups excluding carboxylic acids is 1. The van der Waals surface area contributed by atoms with Gasteiger partial charge in [0.05, 0.1) is 19.9 Å². The van der Waals surface area contributed by atoms with Crippen LogP contribution in [0.5, 0.6) is 11.5 Å². The summed E-state index contributed by atoms with van der Waals surface area (Å²) >= 11 is 0. The molecule has 0 atom stereocenters. The molecule has 0 unspecified atom stereocenters. The van der Waals surface area contributed by atoms with Gasteiger partial charge in [-0.25, -0.2) is 0 Å². The second kappa shape index (κ2) is 8.26. The lowest BCUT2D eigenvalue weighted by Crippen LogP contribution is -2.15. The van der Waals surface area contributed by atoms with Gasteiger partial charge in [-0.05, 0) is 36.4 Å². The van der Waals surface area contributed by atoms with Gasteiger partial charge in [0.15, 0.2) is 0 Å². The number of nitrogens with one attached hydrogen (secondary N) is 2. The van der Waals surface area contributed by atoms with E-state index in [1.54, 1.807) is 42.5 Å². The quantitative estimate of drug-likeness (QED) is 0.424. The highest BCUT2D eigenvalue weighted by Crippen LogP contribution is 2.29. The van der Waals surface area contributed by atoms with Crippen LogP contribution in [0, 0.1) is 11.3 Å². The number of methoxy groups -OCH3 is 2. The molecule has 128 valence electrons. The summed E-state index contributed by atoms with van der Waals surface area (Å²) in [6.07, 6.45) is 1.33. The first-order chi connectivity index (χ1) is 12.1. The van der Waals surface area contributed by atoms with Crippen LogP contribution in [0.2, 0.25) is 0 Å². The molecule has 25 heavy (non-hydrogen) atoms. The highest BCUT2D eigenvalue weighted by atomic mass is 16.5. The molecule has 4 N–H and O–H groups in total. The molecule has 0 aromatic heterocycles. The highest BCUT2D eigenvalue weighted by molar-refractivity contribution is 6.07. The van der Waals surface area contributed by atoms with Crippen molar-refractivity contribution >= 4 is 23.0 Å². The summed E-state index contributed by atoms with van der Waals surface area (Å²) in [7, 11) is 3.01. The van der Waals surface area contributed by atoms with Gasteiger partial charge in [0.2, 0.25) is 0 Å². The third kappa shape index (κ3) is 4.65. The van der Waals surface area contributed by atoms with Gasteiger partial charge in [-0.15, -0.1) is 0 Å². The lowest BCUT2D eigenvalue weighted by atomic mass is 10.2. The highest BCUT2D eigenvalue weighted by Gasteiger charge is 2.13. The number of rotatable bonds is 6. The molecule has 2 aromatic carbocycles. The number of hydrogen-bond donors (Lipinski definition) is 3. The van der Waals surface area contributed by atoms with E-state index in [0.29, 0.717) is 28.6 Å². The standard InChI is InChI=1S/C18H18N4O3/c1-24-15-7-8-17(25-2)16(9-15)22-18(23)12(10-19)11-21-14-5-3-13(20)4-6-14/h3-9,11,21H,20H2,1-2H3,(H,22,23)/b12-11-. The number of benzene rings is 2. The summed E-state index contributed by atoms with van der Waals surface area (Å²) in [6.45, 7) is 0. The molecular weight excluding hydrogens is 320 g/mol. The molecule has 7 heteroatoms. The molecule has 2 rings (SSSR count). The van der Waals surface area contributed by atoms with Gasteiger partial charge in [0.1, 0.15) is 23.1 Å². The number of nitriles is 1. The van der Waals surface area contributed by atoms with E-state index in [4.69, 9.17) is 15.2 Å². The maximum atomic E-state index is 12.3.